The highest BCUT2D eigenvalue weighted by molar-refractivity contribution is 5.68. The average molecular weight is 219 g/mol. The molecular weight excluding hydrogens is 206 g/mol. The van der Waals surface area contributed by atoms with Crippen molar-refractivity contribution in [2.45, 2.75) is 18.8 Å². The zero-order valence-corrected chi connectivity index (χ0v) is 8.82. The predicted molar refractivity (Wildman–Crippen MR) is 59.5 cm³/mol. The second kappa shape index (κ2) is 3.75. The molecule has 16 heavy (non-hydrogen) atoms. The highest BCUT2D eigenvalue weighted by atomic mass is 16.4. The van der Waals surface area contributed by atoms with E-state index < -0.39 is 5.76 Å². The van der Waals surface area contributed by atoms with Gasteiger partial charge in [0.25, 0.3) is 0 Å². The lowest BCUT2D eigenvalue weighted by Gasteiger charge is -2.22. The van der Waals surface area contributed by atoms with Gasteiger partial charge in [-0.2, -0.15) is 0 Å². The van der Waals surface area contributed by atoms with Crippen LogP contribution in [0.2, 0.25) is 0 Å². The molecule has 0 aromatic carbocycles. The van der Waals surface area contributed by atoms with Crippen LogP contribution >= 0.6 is 0 Å². The fourth-order valence-corrected chi connectivity index (χ4v) is 2.22. The minimum atomic E-state index is -0.443. The quantitative estimate of drug-likeness (QED) is 0.750. The lowest BCUT2D eigenvalue weighted by atomic mass is 9.93. The summed E-state index contributed by atoms with van der Waals surface area (Å²) in [5.74, 6) is 0.0467. The van der Waals surface area contributed by atoms with E-state index in [2.05, 4.69) is 15.3 Å². The Morgan fingerprint density at radius 1 is 1.50 bits per heavy atom. The van der Waals surface area contributed by atoms with Crippen molar-refractivity contribution in [3.8, 4) is 0 Å². The van der Waals surface area contributed by atoms with Crippen molar-refractivity contribution in [1.82, 2.24) is 15.3 Å². The summed E-state index contributed by atoms with van der Waals surface area (Å²) < 4.78 is 4.87. The van der Waals surface area contributed by atoms with Crippen LogP contribution in [0.15, 0.2) is 21.5 Å². The van der Waals surface area contributed by atoms with Gasteiger partial charge in [-0.3, -0.25) is 4.98 Å². The molecule has 5 heteroatoms. The number of rotatable bonds is 1. The van der Waals surface area contributed by atoms with Crippen LogP contribution in [0.1, 0.15) is 24.3 Å². The summed E-state index contributed by atoms with van der Waals surface area (Å²) in [6, 6.07) is 1.96. The van der Waals surface area contributed by atoms with Gasteiger partial charge < -0.3 is 9.73 Å². The van der Waals surface area contributed by atoms with Crippen LogP contribution in [0.25, 0.3) is 11.2 Å². The zero-order valence-electron chi connectivity index (χ0n) is 8.82. The number of hydrogen-bond acceptors (Lipinski definition) is 4. The third kappa shape index (κ3) is 1.63. The minimum Gasteiger partial charge on any atom is -0.389 e. The van der Waals surface area contributed by atoms with Crippen LogP contribution in [-0.4, -0.2) is 23.1 Å². The van der Waals surface area contributed by atoms with Crippen LogP contribution in [0.5, 0.6) is 0 Å². The number of piperidine rings is 1. The number of hydrogen-bond donors (Lipinski definition) is 2. The first kappa shape index (κ1) is 9.59. The summed E-state index contributed by atoms with van der Waals surface area (Å²) >= 11 is 0. The van der Waals surface area contributed by atoms with E-state index in [1.54, 1.807) is 6.20 Å². The van der Waals surface area contributed by atoms with Crippen molar-refractivity contribution in [3.63, 3.8) is 0 Å². The molecule has 0 saturated carbocycles. The Bertz CT molecular complexity index is 552. The Kier molecular flexibility index (Phi) is 2.25. The molecule has 2 aromatic rings. The first-order valence-electron chi connectivity index (χ1n) is 5.52. The average Bonchev–Trinajstić information content (AvgIpc) is 2.69. The first-order chi connectivity index (χ1) is 7.83. The molecule has 2 aromatic heterocycles. The number of H-pyrrole nitrogens is 1. The molecule has 1 saturated heterocycles. The summed E-state index contributed by atoms with van der Waals surface area (Å²) in [6.45, 7) is 2.07. The van der Waals surface area contributed by atoms with Gasteiger partial charge in [0.15, 0.2) is 0 Å². The molecule has 3 rings (SSSR count). The Balaban J connectivity index is 2.00. The van der Waals surface area contributed by atoms with E-state index in [0.29, 0.717) is 17.1 Å². The number of aromatic amines is 1. The maximum absolute atomic E-state index is 11.0. The van der Waals surface area contributed by atoms with Crippen LogP contribution in [0, 0.1) is 0 Å². The van der Waals surface area contributed by atoms with E-state index in [1.165, 1.54) is 12.8 Å². The van der Waals surface area contributed by atoms with E-state index >= 15 is 0 Å². The van der Waals surface area contributed by atoms with Crippen LogP contribution < -0.4 is 11.1 Å². The fourth-order valence-electron chi connectivity index (χ4n) is 2.22. The Hall–Kier alpha value is -1.62. The Labute approximate surface area is 91.9 Å². The topological polar surface area (TPSA) is 70.9 Å². The van der Waals surface area contributed by atoms with Gasteiger partial charge in [0.05, 0.1) is 0 Å². The molecule has 0 radical (unpaired) electrons. The van der Waals surface area contributed by atoms with Gasteiger partial charge in [-0.15, -0.1) is 0 Å². The van der Waals surface area contributed by atoms with Gasteiger partial charge in [-0.25, -0.2) is 9.78 Å². The second-order valence-electron chi connectivity index (χ2n) is 4.18. The van der Waals surface area contributed by atoms with Crippen molar-refractivity contribution in [2.24, 2.45) is 0 Å². The molecular formula is C11H13N3O2. The number of aromatic nitrogens is 2. The van der Waals surface area contributed by atoms with Crippen LogP contribution in [-0.2, 0) is 0 Å². The number of pyridine rings is 1. The Morgan fingerprint density at radius 3 is 3.25 bits per heavy atom. The standard InChI is InChI=1S/C11H13N3O2/c15-11-14-9-4-8(6-13-10(9)16-11)7-2-1-3-12-5-7/h4,6-7,12H,1-3,5H2,(H,14,15). The van der Waals surface area contributed by atoms with E-state index in [9.17, 15) is 4.79 Å². The molecule has 0 amide bonds. The molecule has 1 fully saturated rings. The van der Waals surface area contributed by atoms with Crippen LogP contribution in [0.4, 0.5) is 0 Å². The van der Waals surface area contributed by atoms with Gasteiger partial charge in [0.2, 0.25) is 5.71 Å². The molecule has 3 heterocycles. The number of oxazole rings is 1. The summed E-state index contributed by atoms with van der Waals surface area (Å²) in [6.07, 6.45) is 4.16. The van der Waals surface area contributed by atoms with Crippen molar-refractivity contribution < 1.29 is 4.42 Å². The summed E-state index contributed by atoms with van der Waals surface area (Å²) in [5, 5.41) is 3.36. The molecule has 84 valence electrons. The van der Waals surface area contributed by atoms with Gasteiger partial charge in [0, 0.05) is 12.7 Å². The third-order valence-electron chi connectivity index (χ3n) is 3.07. The van der Waals surface area contributed by atoms with Gasteiger partial charge in [-0.05, 0) is 36.9 Å². The van der Waals surface area contributed by atoms with Crippen molar-refractivity contribution in [1.29, 1.82) is 0 Å². The summed E-state index contributed by atoms with van der Waals surface area (Å²) in [5.41, 5.74) is 2.24. The predicted octanol–water partition coefficient (Wildman–Crippen LogP) is 0.983. The molecule has 5 nitrogen and oxygen atoms in total. The van der Waals surface area contributed by atoms with Crippen molar-refractivity contribution >= 4 is 11.2 Å². The molecule has 0 spiro atoms. The molecule has 0 aliphatic carbocycles. The normalized spacial score (nSPS) is 21.4. The highest BCUT2D eigenvalue weighted by Gasteiger charge is 2.16. The molecule has 1 atom stereocenters. The zero-order chi connectivity index (χ0) is 11.0. The number of nitrogens with zero attached hydrogens (tertiary/aromatic N) is 1. The van der Waals surface area contributed by atoms with E-state index in [1.807, 2.05) is 6.07 Å². The van der Waals surface area contributed by atoms with Gasteiger partial charge >= 0.3 is 5.76 Å². The summed E-state index contributed by atoms with van der Waals surface area (Å²) in [4.78, 5) is 17.8. The number of fused-ring (bicyclic) bond motifs is 1. The third-order valence-corrected chi connectivity index (χ3v) is 3.07. The molecule has 2 N–H and O–H groups in total. The lowest BCUT2D eigenvalue weighted by Crippen LogP contribution is -2.28. The van der Waals surface area contributed by atoms with Crippen LogP contribution in [0.3, 0.4) is 0 Å². The molecule has 1 aliphatic heterocycles. The lowest BCUT2D eigenvalue weighted by molar-refractivity contribution is 0.461. The summed E-state index contributed by atoms with van der Waals surface area (Å²) in [7, 11) is 0. The molecule has 1 aliphatic rings. The molecule has 1 unspecified atom stereocenters. The van der Waals surface area contributed by atoms with Gasteiger partial charge in [-0.1, -0.05) is 0 Å². The van der Waals surface area contributed by atoms with E-state index in [0.717, 1.165) is 18.7 Å². The number of nitrogens with one attached hydrogen (secondary N) is 2. The van der Waals surface area contributed by atoms with E-state index in [-0.39, 0.29) is 0 Å². The fraction of sp³-hybridized carbons (Fsp3) is 0.455. The minimum absolute atomic E-state index is 0.387. The van der Waals surface area contributed by atoms with Crippen molar-refractivity contribution in [2.75, 3.05) is 13.1 Å². The SMILES string of the molecule is O=c1[nH]c2cc(C3CCCNC3)cnc2o1. The maximum Gasteiger partial charge on any atom is 0.418 e. The Morgan fingerprint density at radius 2 is 2.44 bits per heavy atom. The first-order valence-corrected chi connectivity index (χ1v) is 5.52. The van der Waals surface area contributed by atoms with E-state index in [4.69, 9.17) is 4.42 Å². The monoisotopic (exact) mass is 219 g/mol. The highest BCUT2D eigenvalue weighted by Crippen LogP contribution is 2.24. The second-order valence-corrected chi connectivity index (χ2v) is 4.18. The van der Waals surface area contributed by atoms with Gasteiger partial charge in [0.1, 0.15) is 5.52 Å². The maximum atomic E-state index is 11.0. The molecule has 0 bridgehead atoms. The smallest absolute Gasteiger partial charge is 0.389 e. The largest absolute Gasteiger partial charge is 0.418 e. The van der Waals surface area contributed by atoms with Crippen molar-refractivity contribution in [3.05, 3.63) is 28.4 Å².